The van der Waals surface area contributed by atoms with E-state index in [1.54, 1.807) is 11.8 Å². The van der Waals surface area contributed by atoms with E-state index >= 15 is 0 Å². The number of amides is 1. The van der Waals surface area contributed by atoms with Crippen molar-refractivity contribution in [2.45, 2.75) is 44.4 Å². The fourth-order valence-electron chi connectivity index (χ4n) is 3.33. The van der Waals surface area contributed by atoms with Crippen molar-refractivity contribution >= 4 is 17.7 Å². The number of ether oxygens (including phenoxy) is 1. The van der Waals surface area contributed by atoms with E-state index in [1.807, 2.05) is 41.3 Å². The third-order valence-corrected chi connectivity index (χ3v) is 6.29. The molecule has 2 aromatic carbocycles. The molecule has 1 saturated carbocycles. The van der Waals surface area contributed by atoms with E-state index in [-0.39, 0.29) is 5.91 Å². The van der Waals surface area contributed by atoms with Crippen LogP contribution in [-0.2, 0) is 11.3 Å². The van der Waals surface area contributed by atoms with Gasteiger partial charge in [0, 0.05) is 12.6 Å². The molecule has 0 unspecified atom stereocenters. The van der Waals surface area contributed by atoms with Crippen molar-refractivity contribution in [3.8, 4) is 11.4 Å². The molecule has 0 spiro atoms. The lowest BCUT2D eigenvalue weighted by Crippen LogP contribution is -2.34. The first-order valence-corrected chi connectivity index (χ1v) is 11.0. The maximum atomic E-state index is 13.0. The van der Waals surface area contributed by atoms with Crippen molar-refractivity contribution in [2.24, 2.45) is 0 Å². The SMILES string of the molecule is COc1ccc(CN(C(=O)CSc2nnnn2-c2cccc(C)c2C)C2CC2)cc1. The molecule has 7 nitrogen and oxygen atoms in total. The van der Waals surface area contributed by atoms with Gasteiger partial charge in [0.1, 0.15) is 5.75 Å². The lowest BCUT2D eigenvalue weighted by atomic mass is 10.1. The number of aryl methyl sites for hydroxylation is 1. The van der Waals surface area contributed by atoms with Crippen LogP contribution in [0, 0.1) is 13.8 Å². The minimum Gasteiger partial charge on any atom is -0.497 e. The Kier molecular flexibility index (Phi) is 6.03. The van der Waals surface area contributed by atoms with Gasteiger partial charge in [-0.15, -0.1) is 5.10 Å². The van der Waals surface area contributed by atoms with E-state index in [0.29, 0.717) is 23.5 Å². The summed E-state index contributed by atoms with van der Waals surface area (Å²) in [5, 5.41) is 12.7. The van der Waals surface area contributed by atoms with Crippen molar-refractivity contribution in [3.05, 3.63) is 59.2 Å². The molecule has 0 radical (unpaired) electrons. The maximum absolute atomic E-state index is 13.0. The molecule has 1 heterocycles. The van der Waals surface area contributed by atoms with Crippen molar-refractivity contribution in [3.63, 3.8) is 0 Å². The van der Waals surface area contributed by atoms with Crippen LogP contribution in [0.15, 0.2) is 47.6 Å². The third kappa shape index (κ3) is 4.48. The minimum atomic E-state index is 0.105. The maximum Gasteiger partial charge on any atom is 0.233 e. The lowest BCUT2D eigenvalue weighted by Gasteiger charge is -2.22. The molecule has 0 atom stereocenters. The first-order chi connectivity index (χ1) is 14.6. The molecule has 3 aromatic rings. The van der Waals surface area contributed by atoms with Gasteiger partial charge in [0.05, 0.1) is 18.6 Å². The van der Waals surface area contributed by atoms with Crippen LogP contribution in [0.3, 0.4) is 0 Å². The summed E-state index contributed by atoms with van der Waals surface area (Å²) in [5.74, 6) is 1.23. The highest BCUT2D eigenvalue weighted by Gasteiger charge is 2.32. The molecular formula is C22H25N5O2S. The second-order valence-electron chi connectivity index (χ2n) is 7.48. The molecule has 0 saturated heterocycles. The van der Waals surface area contributed by atoms with Gasteiger partial charge in [-0.2, -0.15) is 4.68 Å². The molecule has 0 aliphatic heterocycles. The normalized spacial score (nSPS) is 13.3. The summed E-state index contributed by atoms with van der Waals surface area (Å²) in [6.45, 7) is 4.72. The Bertz CT molecular complexity index is 1030. The Hall–Kier alpha value is -2.87. The van der Waals surface area contributed by atoms with Gasteiger partial charge in [-0.1, -0.05) is 36.0 Å². The Morgan fingerprint density at radius 3 is 2.67 bits per heavy atom. The highest BCUT2D eigenvalue weighted by atomic mass is 32.2. The molecule has 4 rings (SSSR count). The summed E-state index contributed by atoms with van der Waals surface area (Å²) in [7, 11) is 1.65. The zero-order valence-corrected chi connectivity index (χ0v) is 18.2. The van der Waals surface area contributed by atoms with Crippen LogP contribution in [-0.4, -0.2) is 49.9 Å². The van der Waals surface area contributed by atoms with E-state index in [1.165, 1.54) is 17.3 Å². The average molecular weight is 424 g/mol. The summed E-state index contributed by atoms with van der Waals surface area (Å²) in [5.41, 5.74) is 4.33. The smallest absolute Gasteiger partial charge is 0.233 e. The highest BCUT2D eigenvalue weighted by molar-refractivity contribution is 7.99. The van der Waals surface area contributed by atoms with Crippen molar-refractivity contribution in [1.82, 2.24) is 25.1 Å². The van der Waals surface area contributed by atoms with Gasteiger partial charge in [-0.3, -0.25) is 4.79 Å². The standard InChI is InChI=1S/C22H25N5O2S/c1-15-5-4-6-20(16(15)2)27-22(23-24-25-27)30-14-21(28)26(18-9-10-18)13-17-7-11-19(29-3)12-8-17/h4-8,11-12,18H,9-10,13-14H2,1-3H3. The van der Waals surface area contributed by atoms with Crippen molar-refractivity contribution < 1.29 is 9.53 Å². The lowest BCUT2D eigenvalue weighted by molar-refractivity contribution is -0.129. The number of carbonyl (C=O) groups excluding carboxylic acids is 1. The van der Waals surface area contributed by atoms with Crippen molar-refractivity contribution in [1.29, 1.82) is 0 Å². The summed E-state index contributed by atoms with van der Waals surface area (Å²) in [6, 6.07) is 14.2. The Labute approximate surface area is 180 Å². The molecule has 0 N–H and O–H groups in total. The predicted octanol–water partition coefficient (Wildman–Crippen LogP) is 3.57. The second kappa shape index (κ2) is 8.87. The van der Waals surface area contributed by atoms with Gasteiger partial charge in [0.15, 0.2) is 0 Å². The zero-order valence-electron chi connectivity index (χ0n) is 17.4. The van der Waals surface area contributed by atoms with Crippen LogP contribution >= 0.6 is 11.8 Å². The minimum absolute atomic E-state index is 0.105. The van der Waals surface area contributed by atoms with E-state index < -0.39 is 0 Å². The summed E-state index contributed by atoms with van der Waals surface area (Å²) < 4.78 is 6.93. The molecule has 1 fully saturated rings. The van der Waals surface area contributed by atoms with Gasteiger partial charge in [-0.05, 0) is 72.0 Å². The van der Waals surface area contributed by atoms with Crippen molar-refractivity contribution in [2.75, 3.05) is 12.9 Å². The van der Waals surface area contributed by atoms with Crippen LogP contribution in [0.1, 0.15) is 29.5 Å². The second-order valence-corrected chi connectivity index (χ2v) is 8.42. The average Bonchev–Trinajstić information content (AvgIpc) is 3.50. The zero-order chi connectivity index (χ0) is 21.1. The number of benzene rings is 2. The van der Waals surface area contributed by atoms with E-state index in [9.17, 15) is 4.79 Å². The number of nitrogens with zero attached hydrogens (tertiary/aromatic N) is 5. The number of aromatic nitrogens is 4. The largest absolute Gasteiger partial charge is 0.497 e. The predicted molar refractivity (Wildman–Crippen MR) is 116 cm³/mol. The molecule has 1 aliphatic rings. The van der Waals surface area contributed by atoms with E-state index in [4.69, 9.17) is 4.74 Å². The Morgan fingerprint density at radius 1 is 1.20 bits per heavy atom. The van der Waals surface area contributed by atoms with E-state index in [2.05, 4.69) is 35.4 Å². The molecule has 1 aliphatic carbocycles. The van der Waals surface area contributed by atoms with Gasteiger partial charge < -0.3 is 9.64 Å². The topological polar surface area (TPSA) is 73.1 Å². The number of hydrogen-bond acceptors (Lipinski definition) is 6. The van der Waals surface area contributed by atoms with Crippen LogP contribution in [0.5, 0.6) is 5.75 Å². The quantitative estimate of drug-likeness (QED) is 0.516. The molecule has 8 heteroatoms. The monoisotopic (exact) mass is 423 g/mol. The number of tetrazole rings is 1. The molecule has 0 bridgehead atoms. The first kappa shape index (κ1) is 20.4. The van der Waals surface area contributed by atoms with Crippen LogP contribution < -0.4 is 4.74 Å². The summed E-state index contributed by atoms with van der Waals surface area (Å²) in [6.07, 6.45) is 2.12. The van der Waals surface area contributed by atoms with Gasteiger partial charge in [-0.25, -0.2) is 0 Å². The number of rotatable bonds is 8. The molecular weight excluding hydrogens is 398 g/mol. The Morgan fingerprint density at radius 2 is 1.97 bits per heavy atom. The van der Waals surface area contributed by atoms with Gasteiger partial charge in [0.2, 0.25) is 11.1 Å². The third-order valence-electron chi connectivity index (χ3n) is 5.39. The fourth-order valence-corrected chi connectivity index (χ4v) is 4.10. The number of thioether (sulfide) groups is 1. The Balaban J connectivity index is 1.44. The molecule has 156 valence electrons. The number of methoxy groups -OCH3 is 1. The summed E-state index contributed by atoms with van der Waals surface area (Å²) in [4.78, 5) is 15.0. The van der Waals surface area contributed by atoms with Crippen LogP contribution in [0.4, 0.5) is 0 Å². The van der Waals surface area contributed by atoms with Gasteiger partial charge in [0.25, 0.3) is 0 Å². The fraction of sp³-hybridized carbons (Fsp3) is 0.364. The number of carbonyl (C=O) groups is 1. The highest BCUT2D eigenvalue weighted by Crippen LogP contribution is 2.30. The number of hydrogen-bond donors (Lipinski definition) is 0. The van der Waals surface area contributed by atoms with E-state index in [0.717, 1.165) is 35.4 Å². The summed E-state index contributed by atoms with van der Waals surface area (Å²) >= 11 is 1.38. The molecule has 1 aromatic heterocycles. The van der Waals surface area contributed by atoms with Crippen LogP contribution in [0.2, 0.25) is 0 Å². The van der Waals surface area contributed by atoms with Gasteiger partial charge >= 0.3 is 0 Å². The first-order valence-electron chi connectivity index (χ1n) is 9.97. The van der Waals surface area contributed by atoms with Crippen LogP contribution in [0.25, 0.3) is 5.69 Å². The molecule has 30 heavy (non-hydrogen) atoms. The molecule has 1 amide bonds.